The maximum absolute atomic E-state index is 10.9. The molecular weight excluding hydrogens is 144 g/mol. The minimum absolute atomic E-state index is 0.370. The van der Waals surface area contributed by atoms with Gasteiger partial charge in [0.15, 0.2) is 0 Å². The molecule has 0 fully saturated rings. The van der Waals surface area contributed by atoms with Crippen LogP contribution in [0, 0.1) is 0 Å². The molecule has 0 N–H and O–H groups in total. The first-order valence-electron chi connectivity index (χ1n) is 3.33. The predicted molar refractivity (Wildman–Crippen MR) is 42.0 cm³/mol. The van der Waals surface area contributed by atoms with Crippen molar-refractivity contribution in [2.24, 2.45) is 0 Å². The van der Waals surface area contributed by atoms with Crippen LogP contribution in [0.3, 0.4) is 0 Å². The lowest BCUT2D eigenvalue weighted by atomic mass is 10.3. The first-order chi connectivity index (χ1) is 4.89. The van der Waals surface area contributed by atoms with Crippen LogP contribution < -0.4 is 0 Å². The smallest absolute Gasteiger partial charge is 0.335 e. The lowest BCUT2D eigenvalue weighted by molar-refractivity contribution is -0.201. The van der Waals surface area contributed by atoms with Crippen LogP contribution in [0.4, 0.5) is 0 Å². The molecule has 0 aromatic carbocycles. The van der Waals surface area contributed by atoms with Gasteiger partial charge < -0.3 is 9.47 Å². The molecule has 0 spiro atoms. The number of methoxy groups -OCH3 is 1. The Kier molecular flexibility index (Phi) is 3.26. The third-order valence-electron chi connectivity index (χ3n) is 1.18. The Balaban J connectivity index is 4.04. The van der Waals surface area contributed by atoms with Crippen LogP contribution in [0.25, 0.3) is 0 Å². The van der Waals surface area contributed by atoms with E-state index in [1.54, 1.807) is 20.8 Å². The van der Waals surface area contributed by atoms with E-state index in [9.17, 15) is 4.79 Å². The van der Waals surface area contributed by atoms with Gasteiger partial charge in [0.2, 0.25) is 5.79 Å². The average Bonchev–Trinajstić information content (AvgIpc) is 1.87. The Hall–Kier alpha value is -0.830. The minimum atomic E-state index is -0.865. The molecule has 0 unspecified atom stereocenters. The largest absolute Gasteiger partial charge is 0.430 e. The Bertz CT molecular complexity index is 170. The molecule has 0 aromatic heterocycles. The summed E-state index contributed by atoms with van der Waals surface area (Å²) in [7, 11) is 1.48. The van der Waals surface area contributed by atoms with Gasteiger partial charge in [0.05, 0.1) is 0 Å². The zero-order chi connectivity index (χ0) is 9.07. The van der Waals surface area contributed by atoms with Gasteiger partial charge in [-0.1, -0.05) is 6.58 Å². The lowest BCUT2D eigenvalue weighted by Gasteiger charge is -2.22. The van der Waals surface area contributed by atoms with E-state index in [2.05, 4.69) is 6.58 Å². The van der Waals surface area contributed by atoms with Gasteiger partial charge in [-0.15, -0.1) is 0 Å². The van der Waals surface area contributed by atoms with Crippen molar-refractivity contribution in [3.63, 3.8) is 0 Å². The highest BCUT2D eigenvalue weighted by Crippen LogP contribution is 2.11. The quantitative estimate of drug-likeness (QED) is 0.354. The van der Waals surface area contributed by atoms with Crippen molar-refractivity contribution in [3.05, 3.63) is 12.2 Å². The van der Waals surface area contributed by atoms with Gasteiger partial charge in [-0.3, -0.25) is 0 Å². The molecule has 0 atom stereocenters. The summed E-state index contributed by atoms with van der Waals surface area (Å²) in [5, 5.41) is 0. The van der Waals surface area contributed by atoms with E-state index >= 15 is 0 Å². The number of carbonyl (C=O) groups excluding carboxylic acids is 1. The van der Waals surface area contributed by atoms with Crippen molar-refractivity contribution in [1.29, 1.82) is 0 Å². The molecule has 0 bridgehead atoms. The van der Waals surface area contributed by atoms with Crippen LogP contribution >= 0.6 is 0 Å². The summed E-state index contributed by atoms with van der Waals surface area (Å²) in [5.41, 5.74) is 0.370. The van der Waals surface area contributed by atoms with Crippen LogP contribution in [0.2, 0.25) is 0 Å². The monoisotopic (exact) mass is 158 g/mol. The van der Waals surface area contributed by atoms with Crippen LogP contribution in [0.15, 0.2) is 12.2 Å². The topological polar surface area (TPSA) is 35.5 Å². The summed E-state index contributed by atoms with van der Waals surface area (Å²) < 4.78 is 9.76. The summed E-state index contributed by atoms with van der Waals surface area (Å²) in [4.78, 5) is 10.9. The van der Waals surface area contributed by atoms with Gasteiger partial charge in [0.25, 0.3) is 0 Å². The van der Waals surface area contributed by atoms with E-state index in [1.165, 1.54) is 7.11 Å². The molecule has 11 heavy (non-hydrogen) atoms. The SMILES string of the molecule is C=C(C)C(=O)OC(C)(C)OC. The molecule has 3 heteroatoms. The molecule has 0 aliphatic carbocycles. The first kappa shape index (κ1) is 10.2. The van der Waals surface area contributed by atoms with Gasteiger partial charge in [-0.2, -0.15) is 0 Å². The molecule has 0 saturated carbocycles. The Morgan fingerprint density at radius 3 is 2.18 bits per heavy atom. The molecule has 3 nitrogen and oxygen atoms in total. The second-order valence-electron chi connectivity index (χ2n) is 2.77. The van der Waals surface area contributed by atoms with Crippen LogP contribution in [-0.4, -0.2) is 18.9 Å². The van der Waals surface area contributed by atoms with Crippen LogP contribution in [0.1, 0.15) is 20.8 Å². The van der Waals surface area contributed by atoms with Gasteiger partial charge in [0.1, 0.15) is 0 Å². The second-order valence-corrected chi connectivity index (χ2v) is 2.77. The molecular formula is C8H14O3. The molecule has 64 valence electrons. The summed E-state index contributed by atoms with van der Waals surface area (Å²) in [6.07, 6.45) is 0. The Morgan fingerprint density at radius 1 is 1.45 bits per heavy atom. The number of carbonyl (C=O) groups is 1. The normalized spacial score (nSPS) is 10.9. The fourth-order valence-electron chi connectivity index (χ4n) is 0.352. The predicted octanol–water partition coefficient (Wildman–Crippen LogP) is 1.49. The Morgan fingerprint density at radius 2 is 1.91 bits per heavy atom. The highest BCUT2D eigenvalue weighted by atomic mass is 16.7. The standard InChI is InChI=1S/C8H14O3/c1-6(2)7(9)11-8(3,4)10-5/h1H2,2-5H3. The van der Waals surface area contributed by atoms with Crippen molar-refractivity contribution in [2.45, 2.75) is 26.6 Å². The van der Waals surface area contributed by atoms with Crippen molar-refractivity contribution in [1.82, 2.24) is 0 Å². The van der Waals surface area contributed by atoms with Gasteiger partial charge in [-0.05, 0) is 6.92 Å². The van der Waals surface area contributed by atoms with Crippen molar-refractivity contribution < 1.29 is 14.3 Å². The van der Waals surface area contributed by atoms with Gasteiger partial charge in [0, 0.05) is 26.5 Å². The van der Waals surface area contributed by atoms with E-state index < -0.39 is 11.8 Å². The van der Waals surface area contributed by atoms with E-state index in [0.29, 0.717) is 5.57 Å². The maximum Gasteiger partial charge on any atom is 0.335 e. The van der Waals surface area contributed by atoms with E-state index in [0.717, 1.165) is 0 Å². The number of hydrogen-bond donors (Lipinski definition) is 0. The molecule has 0 saturated heterocycles. The van der Waals surface area contributed by atoms with Gasteiger partial charge in [-0.25, -0.2) is 4.79 Å². The molecule has 0 aliphatic heterocycles. The highest BCUT2D eigenvalue weighted by molar-refractivity contribution is 5.87. The third kappa shape index (κ3) is 3.78. The maximum atomic E-state index is 10.9. The molecule has 0 radical (unpaired) electrons. The molecule has 0 amide bonds. The molecule has 0 aliphatic rings. The van der Waals surface area contributed by atoms with E-state index in [-0.39, 0.29) is 0 Å². The van der Waals surface area contributed by atoms with Crippen LogP contribution in [0.5, 0.6) is 0 Å². The van der Waals surface area contributed by atoms with Crippen molar-refractivity contribution in [3.8, 4) is 0 Å². The summed E-state index contributed by atoms with van der Waals surface area (Å²) in [6.45, 7) is 8.36. The minimum Gasteiger partial charge on any atom is -0.430 e. The van der Waals surface area contributed by atoms with E-state index in [1.807, 2.05) is 0 Å². The van der Waals surface area contributed by atoms with E-state index in [4.69, 9.17) is 9.47 Å². The van der Waals surface area contributed by atoms with Crippen LogP contribution in [-0.2, 0) is 14.3 Å². The van der Waals surface area contributed by atoms with Gasteiger partial charge >= 0.3 is 5.97 Å². The number of hydrogen-bond acceptors (Lipinski definition) is 3. The molecule has 0 heterocycles. The molecule has 0 rings (SSSR count). The zero-order valence-corrected chi connectivity index (χ0v) is 7.43. The average molecular weight is 158 g/mol. The number of esters is 1. The zero-order valence-electron chi connectivity index (χ0n) is 7.43. The van der Waals surface area contributed by atoms with Crippen molar-refractivity contribution >= 4 is 5.97 Å². The highest BCUT2D eigenvalue weighted by Gasteiger charge is 2.21. The summed E-state index contributed by atoms with van der Waals surface area (Å²) in [5.74, 6) is -1.30. The number of ether oxygens (including phenoxy) is 2. The summed E-state index contributed by atoms with van der Waals surface area (Å²) >= 11 is 0. The summed E-state index contributed by atoms with van der Waals surface area (Å²) in [6, 6.07) is 0. The fraction of sp³-hybridized carbons (Fsp3) is 0.625. The third-order valence-corrected chi connectivity index (χ3v) is 1.18. The second kappa shape index (κ2) is 3.53. The number of rotatable bonds is 3. The fourth-order valence-corrected chi connectivity index (χ4v) is 0.352. The molecule has 0 aromatic rings. The Labute approximate surface area is 67.0 Å². The lowest BCUT2D eigenvalue weighted by Crippen LogP contribution is -2.30. The first-order valence-corrected chi connectivity index (χ1v) is 3.33. The van der Waals surface area contributed by atoms with Crippen molar-refractivity contribution in [2.75, 3.05) is 7.11 Å².